The van der Waals surface area contributed by atoms with Crippen LogP contribution >= 0.6 is 8.58 Å². The van der Waals surface area contributed by atoms with Crippen molar-refractivity contribution in [2.75, 3.05) is 39.6 Å². The Morgan fingerprint density at radius 2 is 1.36 bits per heavy atom. The summed E-state index contributed by atoms with van der Waals surface area (Å²) in [5.41, 5.74) is -6.01. The zero-order chi connectivity index (χ0) is 26.1. The minimum Gasteiger partial charge on any atom is -1.00 e. The maximum atomic E-state index is 13.5. The molecule has 36 heavy (non-hydrogen) atoms. The predicted molar refractivity (Wildman–Crippen MR) is 120 cm³/mol. The molecule has 0 radical (unpaired) electrons. The van der Waals surface area contributed by atoms with E-state index in [1.807, 2.05) is 6.92 Å². The van der Waals surface area contributed by atoms with E-state index in [0.717, 1.165) is 0 Å². The molecule has 0 aliphatic heterocycles. The van der Waals surface area contributed by atoms with Crippen LogP contribution < -0.4 is 33.6 Å². The zero-order valence-electron chi connectivity index (χ0n) is 21.0. The van der Waals surface area contributed by atoms with Crippen molar-refractivity contribution in [2.45, 2.75) is 26.2 Å². The van der Waals surface area contributed by atoms with E-state index in [0.29, 0.717) is 43.8 Å². The SMILES string of the molecule is CCOCCOc1ccc(PC(=O)c2c(C(F)(F)F)cccc2C(F)(F)F)c(OCCOCC)c1.[H-].[Li+]. The normalized spacial score (nSPS) is 12.0. The average molecular weight is 534 g/mol. The summed E-state index contributed by atoms with van der Waals surface area (Å²) in [5, 5.41) is 0.133. The topological polar surface area (TPSA) is 54.0 Å². The molecule has 0 aromatic heterocycles. The molecule has 0 amide bonds. The van der Waals surface area contributed by atoms with E-state index < -0.39 is 43.1 Å². The first kappa shape index (κ1) is 32.3. The van der Waals surface area contributed by atoms with Crippen LogP contribution in [0, 0.1) is 0 Å². The molecule has 0 aliphatic rings. The largest absolute Gasteiger partial charge is 1.00 e. The van der Waals surface area contributed by atoms with Gasteiger partial charge in [0.05, 0.1) is 24.3 Å². The van der Waals surface area contributed by atoms with Crippen LogP contribution in [0.2, 0.25) is 0 Å². The van der Waals surface area contributed by atoms with Crippen LogP contribution in [-0.4, -0.2) is 45.2 Å². The third-order valence-electron chi connectivity index (χ3n) is 4.49. The monoisotopic (exact) mass is 534 g/mol. The summed E-state index contributed by atoms with van der Waals surface area (Å²) >= 11 is 0. The van der Waals surface area contributed by atoms with Crippen LogP contribution in [0.4, 0.5) is 26.3 Å². The first-order valence-corrected chi connectivity index (χ1v) is 11.6. The van der Waals surface area contributed by atoms with Gasteiger partial charge >= 0.3 is 31.2 Å². The van der Waals surface area contributed by atoms with Crippen LogP contribution in [0.3, 0.4) is 0 Å². The molecule has 196 valence electrons. The van der Waals surface area contributed by atoms with Crippen molar-refractivity contribution in [3.8, 4) is 11.5 Å². The van der Waals surface area contributed by atoms with Crippen molar-refractivity contribution in [2.24, 2.45) is 0 Å². The molecule has 0 saturated carbocycles. The van der Waals surface area contributed by atoms with Gasteiger partial charge < -0.3 is 20.4 Å². The molecule has 2 aromatic rings. The number of ether oxygens (including phenoxy) is 4. The van der Waals surface area contributed by atoms with Crippen LogP contribution in [-0.2, 0) is 21.8 Å². The Kier molecular flexibility index (Phi) is 13.3. The van der Waals surface area contributed by atoms with Gasteiger partial charge in [-0.25, -0.2) is 0 Å². The summed E-state index contributed by atoms with van der Waals surface area (Å²) < 4.78 is 102. The van der Waals surface area contributed by atoms with E-state index in [1.54, 1.807) is 6.92 Å². The second-order valence-corrected chi connectivity index (χ2v) is 8.17. The van der Waals surface area contributed by atoms with E-state index >= 15 is 0 Å². The molecule has 1 unspecified atom stereocenters. The number of carbonyl (C=O) groups is 1. The van der Waals surface area contributed by atoms with Crippen molar-refractivity contribution in [1.82, 2.24) is 0 Å². The number of alkyl halides is 6. The maximum absolute atomic E-state index is 13.5. The summed E-state index contributed by atoms with van der Waals surface area (Å²) in [5.74, 6) is 0.437. The molecule has 2 aromatic carbocycles. The molecule has 2 rings (SSSR count). The first-order valence-electron chi connectivity index (χ1n) is 10.6. The van der Waals surface area contributed by atoms with Gasteiger partial charge in [-0.15, -0.1) is 0 Å². The molecule has 1 atom stereocenters. The van der Waals surface area contributed by atoms with E-state index in [9.17, 15) is 31.1 Å². The summed E-state index contributed by atoms with van der Waals surface area (Å²) in [6, 6.07) is 5.81. The molecule has 0 saturated heterocycles. The Labute approximate surface area is 220 Å². The zero-order valence-corrected chi connectivity index (χ0v) is 21.0. The third kappa shape index (κ3) is 9.60. The predicted octanol–water partition coefficient (Wildman–Crippen LogP) is 2.82. The van der Waals surface area contributed by atoms with Crippen molar-refractivity contribution in [1.29, 1.82) is 0 Å². The van der Waals surface area contributed by atoms with Crippen LogP contribution in [0.25, 0.3) is 0 Å². The number of hydrogen-bond acceptors (Lipinski definition) is 5. The summed E-state index contributed by atoms with van der Waals surface area (Å²) in [7, 11) is -1.07. The van der Waals surface area contributed by atoms with E-state index in [2.05, 4.69) is 0 Å². The molecule has 0 heterocycles. The molecule has 0 bridgehead atoms. The fraction of sp³-hybridized carbons (Fsp3) is 0.435. The van der Waals surface area contributed by atoms with Crippen molar-refractivity contribution >= 4 is 19.4 Å². The summed E-state index contributed by atoms with van der Waals surface area (Å²) in [6.07, 6.45) is -10.3. The Morgan fingerprint density at radius 3 is 1.86 bits per heavy atom. The van der Waals surface area contributed by atoms with Gasteiger partial charge in [0, 0.05) is 30.1 Å². The van der Waals surface area contributed by atoms with Crippen LogP contribution in [0.1, 0.15) is 36.8 Å². The number of halogens is 6. The number of carbonyl (C=O) groups excluding carboxylic acids is 1. The maximum Gasteiger partial charge on any atom is 1.00 e. The first-order chi connectivity index (χ1) is 16.5. The van der Waals surface area contributed by atoms with Gasteiger partial charge in [0.1, 0.15) is 24.7 Å². The second-order valence-electron chi connectivity index (χ2n) is 6.93. The van der Waals surface area contributed by atoms with E-state index in [4.69, 9.17) is 18.9 Å². The second kappa shape index (κ2) is 14.8. The molecular weight excluding hydrogens is 508 g/mol. The fourth-order valence-corrected chi connectivity index (χ4v) is 4.06. The molecule has 0 spiro atoms. The number of benzene rings is 2. The summed E-state index contributed by atoms with van der Waals surface area (Å²) in [6.45, 7) is 5.27. The molecule has 13 heteroatoms. The van der Waals surface area contributed by atoms with Gasteiger partial charge in [-0.3, -0.25) is 4.79 Å². The Balaban J connectivity index is 0.00000648. The van der Waals surface area contributed by atoms with Gasteiger partial charge in [-0.2, -0.15) is 26.3 Å². The molecule has 5 nitrogen and oxygen atoms in total. The van der Waals surface area contributed by atoms with Crippen LogP contribution in [0.15, 0.2) is 36.4 Å². The molecule has 0 N–H and O–H groups in total. The van der Waals surface area contributed by atoms with Crippen molar-refractivity contribution in [3.63, 3.8) is 0 Å². The van der Waals surface area contributed by atoms with Gasteiger partial charge in [0.25, 0.3) is 0 Å². The standard InChI is InChI=1S/C23H25F6O5P.Li.H/c1-3-31-10-12-33-15-8-9-19(18(14-15)34-13-11-32-4-2)35-21(30)20-16(22(24,25)26)6-5-7-17(20)23(27,28)29;;/h5-9,14,35H,3-4,10-13H2,1-2H3;;/q;+1;-1. The van der Waals surface area contributed by atoms with Crippen molar-refractivity contribution in [3.05, 3.63) is 53.1 Å². The Hall–Kier alpha value is -1.76. The van der Waals surface area contributed by atoms with Gasteiger partial charge in [-0.05, 0) is 46.7 Å². The summed E-state index contributed by atoms with van der Waals surface area (Å²) in [4.78, 5) is 12.9. The smallest absolute Gasteiger partial charge is 1.00 e. The number of rotatable bonds is 13. The minimum absolute atomic E-state index is 0. The Morgan fingerprint density at radius 1 is 0.833 bits per heavy atom. The average Bonchev–Trinajstić information content (AvgIpc) is 2.79. The van der Waals surface area contributed by atoms with Gasteiger partial charge in [0.15, 0.2) is 5.52 Å². The van der Waals surface area contributed by atoms with E-state index in [1.165, 1.54) is 18.2 Å². The van der Waals surface area contributed by atoms with E-state index in [-0.39, 0.29) is 51.2 Å². The Bertz CT molecular complexity index is 959. The molecule has 0 fully saturated rings. The molecule has 0 aliphatic carbocycles. The fourth-order valence-electron chi connectivity index (χ4n) is 2.99. The van der Waals surface area contributed by atoms with Crippen LogP contribution in [0.5, 0.6) is 11.5 Å². The molecular formula is C23H26F6LiO5P. The quantitative estimate of drug-likeness (QED) is 0.171. The number of hydrogen-bond donors (Lipinski definition) is 0. The van der Waals surface area contributed by atoms with Crippen molar-refractivity contribution < 1.29 is 70.4 Å². The third-order valence-corrected chi connectivity index (χ3v) is 5.65. The minimum atomic E-state index is -5.15. The van der Waals surface area contributed by atoms with Gasteiger partial charge in [0.2, 0.25) is 0 Å². The van der Waals surface area contributed by atoms with Gasteiger partial charge in [-0.1, -0.05) is 6.07 Å².